The lowest BCUT2D eigenvalue weighted by Crippen LogP contribution is -2.42. The molecule has 1 N–H and O–H groups in total. The standard InChI is InChI=1S/C19H21N3O2S/c23-17(14-8-10-22(11-9-14)18(24)15-6-7-15)21-19-20-16(12-25-19)13-4-2-1-3-5-13/h1-5,12,14-15H,6-11H2,(H,20,21,23). The van der Waals surface area contributed by atoms with Crippen molar-refractivity contribution in [1.29, 1.82) is 0 Å². The van der Waals surface area contributed by atoms with Gasteiger partial charge in [0.25, 0.3) is 0 Å². The zero-order valence-electron chi connectivity index (χ0n) is 14.0. The molecule has 2 amide bonds. The largest absolute Gasteiger partial charge is 0.342 e. The summed E-state index contributed by atoms with van der Waals surface area (Å²) in [5, 5.41) is 5.55. The maximum absolute atomic E-state index is 12.5. The van der Waals surface area contributed by atoms with Gasteiger partial charge in [0.15, 0.2) is 5.13 Å². The second kappa shape index (κ2) is 6.96. The third kappa shape index (κ3) is 3.74. The lowest BCUT2D eigenvalue weighted by Gasteiger charge is -2.31. The monoisotopic (exact) mass is 355 g/mol. The van der Waals surface area contributed by atoms with Crippen LogP contribution >= 0.6 is 11.3 Å². The third-order valence-corrected chi connectivity index (χ3v) is 5.67. The van der Waals surface area contributed by atoms with E-state index >= 15 is 0 Å². The Morgan fingerprint density at radius 2 is 1.76 bits per heavy atom. The molecule has 25 heavy (non-hydrogen) atoms. The summed E-state index contributed by atoms with van der Waals surface area (Å²) in [5.41, 5.74) is 1.93. The van der Waals surface area contributed by atoms with Gasteiger partial charge in [0.1, 0.15) is 0 Å². The molecule has 0 bridgehead atoms. The summed E-state index contributed by atoms with van der Waals surface area (Å²) >= 11 is 1.45. The lowest BCUT2D eigenvalue weighted by atomic mass is 9.95. The Balaban J connectivity index is 1.32. The predicted octanol–water partition coefficient (Wildman–Crippen LogP) is 3.40. The van der Waals surface area contributed by atoms with Gasteiger partial charge in [-0.3, -0.25) is 9.59 Å². The van der Waals surface area contributed by atoms with E-state index in [1.54, 1.807) is 0 Å². The van der Waals surface area contributed by atoms with Gasteiger partial charge in [-0.15, -0.1) is 11.3 Å². The Kier molecular flexibility index (Phi) is 4.53. The first-order chi connectivity index (χ1) is 12.2. The second-order valence-electron chi connectivity index (χ2n) is 6.77. The van der Waals surface area contributed by atoms with Gasteiger partial charge in [-0.05, 0) is 25.7 Å². The number of carbonyl (C=O) groups excluding carboxylic acids is 2. The molecule has 1 aromatic heterocycles. The molecule has 1 aliphatic carbocycles. The third-order valence-electron chi connectivity index (χ3n) is 4.91. The van der Waals surface area contributed by atoms with Gasteiger partial charge in [-0.25, -0.2) is 4.98 Å². The highest BCUT2D eigenvalue weighted by atomic mass is 32.1. The summed E-state index contributed by atoms with van der Waals surface area (Å²) in [6, 6.07) is 9.94. The van der Waals surface area contributed by atoms with Crippen molar-refractivity contribution in [2.24, 2.45) is 11.8 Å². The fraction of sp³-hybridized carbons (Fsp3) is 0.421. The van der Waals surface area contributed by atoms with Crippen LogP contribution < -0.4 is 5.32 Å². The highest BCUT2D eigenvalue weighted by molar-refractivity contribution is 7.14. The molecule has 2 heterocycles. The first-order valence-electron chi connectivity index (χ1n) is 8.81. The number of thiazole rings is 1. The van der Waals surface area contributed by atoms with E-state index < -0.39 is 0 Å². The molecule has 130 valence electrons. The van der Waals surface area contributed by atoms with Gasteiger partial charge in [-0.2, -0.15) is 0 Å². The van der Waals surface area contributed by atoms with Crippen LogP contribution in [0, 0.1) is 11.8 Å². The van der Waals surface area contributed by atoms with Crippen molar-refractivity contribution >= 4 is 28.3 Å². The zero-order valence-corrected chi connectivity index (χ0v) is 14.8. The number of aromatic nitrogens is 1. The average molecular weight is 355 g/mol. The summed E-state index contributed by atoms with van der Waals surface area (Å²) in [6.07, 6.45) is 3.54. The topological polar surface area (TPSA) is 62.3 Å². The average Bonchev–Trinajstić information content (AvgIpc) is 3.41. The van der Waals surface area contributed by atoms with Crippen molar-refractivity contribution in [2.75, 3.05) is 18.4 Å². The molecule has 2 aromatic rings. The van der Waals surface area contributed by atoms with Gasteiger partial charge in [0.2, 0.25) is 11.8 Å². The van der Waals surface area contributed by atoms with E-state index in [0.29, 0.717) is 18.2 Å². The molecule has 2 aliphatic rings. The Hall–Kier alpha value is -2.21. The molecule has 1 aromatic carbocycles. The Bertz CT molecular complexity index is 762. The normalized spacial score (nSPS) is 18.2. The minimum absolute atomic E-state index is 0.0208. The number of carbonyl (C=O) groups is 2. The smallest absolute Gasteiger partial charge is 0.229 e. The molecule has 6 heteroatoms. The lowest BCUT2D eigenvalue weighted by molar-refractivity contribution is -0.135. The van der Waals surface area contributed by atoms with Gasteiger partial charge >= 0.3 is 0 Å². The van der Waals surface area contributed by atoms with E-state index in [1.807, 2.05) is 40.6 Å². The number of anilines is 1. The van der Waals surface area contributed by atoms with Gasteiger partial charge in [0, 0.05) is 35.9 Å². The number of piperidine rings is 1. The van der Waals surface area contributed by atoms with Crippen LogP contribution in [0.25, 0.3) is 11.3 Å². The van der Waals surface area contributed by atoms with Gasteiger partial charge in [0.05, 0.1) is 5.69 Å². The van der Waals surface area contributed by atoms with Crippen LogP contribution in [0.2, 0.25) is 0 Å². The fourth-order valence-corrected chi connectivity index (χ4v) is 3.95. The number of nitrogens with zero attached hydrogens (tertiary/aromatic N) is 2. The highest BCUT2D eigenvalue weighted by Crippen LogP contribution is 2.33. The molecule has 1 saturated carbocycles. The van der Waals surface area contributed by atoms with Crippen LogP contribution in [0.15, 0.2) is 35.7 Å². The van der Waals surface area contributed by atoms with Crippen LogP contribution in [0.3, 0.4) is 0 Å². The highest BCUT2D eigenvalue weighted by Gasteiger charge is 2.36. The Morgan fingerprint density at radius 1 is 1.04 bits per heavy atom. The molecule has 0 spiro atoms. The van der Waals surface area contributed by atoms with Crippen LogP contribution in [0.4, 0.5) is 5.13 Å². The van der Waals surface area contributed by atoms with E-state index in [2.05, 4.69) is 10.3 Å². The van der Waals surface area contributed by atoms with Gasteiger partial charge < -0.3 is 10.2 Å². The molecule has 0 radical (unpaired) electrons. The van der Waals surface area contributed by atoms with Gasteiger partial charge in [-0.1, -0.05) is 30.3 Å². The minimum Gasteiger partial charge on any atom is -0.342 e. The molecule has 4 rings (SSSR count). The maximum atomic E-state index is 12.5. The summed E-state index contributed by atoms with van der Waals surface area (Å²) in [6.45, 7) is 1.39. The van der Waals surface area contributed by atoms with E-state index in [4.69, 9.17) is 0 Å². The zero-order chi connectivity index (χ0) is 17.2. The molecular weight excluding hydrogens is 334 g/mol. The van der Waals surface area contributed by atoms with E-state index in [1.165, 1.54) is 11.3 Å². The molecule has 0 atom stereocenters. The summed E-state index contributed by atoms with van der Waals surface area (Å²) in [4.78, 5) is 31.0. The summed E-state index contributed by atoms with van der Waals surface area (Å²) in [5.74, 6) is 0.531. The van der Waals surface area contributed by atoms with E-state index in [9.17, 15) is 9.59 Å². The molecule has 0 unspecified atom stereocenters. The first kappa shape index (κ1) is 16.3. The molecule has 5 nitrogen and oxygen atoms in total. The molecular formula is C19H21N3O2S. The number of benzene rings is 1. The van der Waals surface area contributed by atoms with Crippen LogP contribution in [0.1, 0.15) is 25.7 Å². The number of likely N-dealkylation sites (tertiary alicyclic amines) is 1. The predicted molar refractivity (Wildman–Crippen MR) is 98.2 cm³/mol. The van der Waals surface area contributed by atoms with Crippen molar-refractivity contribution in [3.8, 4) is 11.3 Å². The van der Waals surface area contributed by atoms with Crippen LogP contribution in [-0.2, 0) is 9.59 Å². The molecule has 1 aliphatic heterocycles. The first-order valence-corrected chi connectivity index (χ1v) is 9.69. The minimum atomic E-state index is -0.0349. The van der Waals surface area contributed by atoms with Crippen molar-refractivity contribution in [2.45, 2.75) is 25.7 Å². The van der Waals surface area contributed by atoms with E-state index in [0.717, 1.165) is 36.9 Å². The van der Waals surface area contributed by atoms with E-state index in [-0.39, 0.29) is 23.7 Å². The Morgan fingerprint density at radius 3 is 2.44 bits per heavy atom. The number of hydrogen-bond acceptors (Lipinski definition) is 4. The van der Waals surface area contributed by atoms with Crippen LogP contribution in [0.5, 0.6) is 0 Å². The van der Waals surface area contributed by atoms with Crippen molar-refractivity contribution in [3.05, 3.63) is 35.7 Å². The molecule has 1 saturated heterocycles. The summed E-state index contributed by atoms with van der Waals surface area (Å²) < 4.78 is 0. The SMILES string of the molecule is O=C(Nc1nc(-c2ccccc2)cs1)C1CCN(C(=O)C2CC2)CC1. The van der Waals surface area contributed by atoms with Crippen LogP contribution in [-0.4, -0.2) is 34.8 Å². The second-order valence-corrected chi connectivity index (χ2v) is 7.63. The quantitative estimate of drug-likeness (QED) is 0.914. The molecule has 2 fully saturated rings. The number of amides is 2. The number of nitrogens with one attached hydrogen (secondary N) is 1. The van der Waals surface area contributed by atoms with Crippen molar-refractivity contribution in [1.82, 2.24) is 9.88 Å². The van der Waals surface area contributed by atoms with Crippen molar-refractivity contribution in [3.63, 3.8) is 0 Å². The Labute approximate surface area is 151 Å². The number of hydrogen-bond donors (Lipinski definition) is 1. The number of rotatable bonds is 4. The van der Waals surface area contributed by atoms with Crippen molar-refractivity contribution < 1.29 is 9.59 Å². The summed E-state index contributed by atoms with van der Waals surface area (Å²) in [7, 11) is 0. The fourth-order valence-electron chi connectivity index (χ4n) is 3.23. The maximum Gasteiger partial charge on any atom is 0.229 e.